The van der Waals surface area contributed by atoms with Crippen LogP contribution in [0.15, 0.2) is 10.5 Å². The van der Waals surface area contributed by atoms with Gasteiger partial charge in [-0.25, -0.2) is 0 Å². The van der Waals surface area contributed by atoms with E-state index in [1.54, 1.807) is 0 Å². The summed E-state index contributed by atoms with van der Waals surface area (Å²) in [5.41, 5.74) is 1.05. The van der Waals surface area contributed by atoms with Crippen LogP contribution in [0.2, 0.25) is 0 Å². The average molecular weight is 252 g/mol. The van der Waals surface area contributed by atoms with Gasteiger partial charge in [0.05, 0.1) is 6.04 Å². The van der Waals surface area contributed by atoms with Crippen LogP contribution in [0, 0.1) is 13.8 Å². The van der Waals surface area contributed by atoms with Crippen LogP contribution in [-0.4, -0.2) is 18.5 Å². The minimum Gasteiger partial charge on any atom is -0.466 e. The number of carbonyl (C=O) groups excluding carboxylic acids is 1. The summed E-state index contributed by atoms with van der Waals surface area (Å²) in [6.45, 7) is 10.7. The highest BCUT2D eigenvalue weighted by Crippen LogP contribution is 2.20. The summed E-state index contributed by atoms with van der Waals surface area (Å²) in [6, 6.07) is 2.38. The Kier molecular flexibility index (Phi) is 5.41. The molecule has 1 atom stereocenters. The summed E-state index contributed by atoms with van der Waals surface area (Å²) in [5.74, 6) is 1.82. The molecule has 0 fully saturated rings. The van der Waals surface area contributed by atoms with Gasteiger partial charge in [0, 0.05) is 24.6 Å². The van der Waals surface area contributed by atoms with Crippen molar-refractivity contribution in [3.8, 4) is 0 Å². The predicted molar refractivity (Wildman–Crippen MR) is 72.5 cm³/mol. The second kappa shape index (κ2) is 6.59. The summed E-state index contributed by atoms with van der Waals surface area (Å²) in [7, 11) is 0. The third kappa shape index (κ3) is 4.53. The van der Waals surface area contributed by atoms with Gasteiger partial charge in [0.1, 0.15) is 11.5 Å². The largest absolute Gasteiger partial charge is 0.466 e. The number of aryl methyl sites for hydroxylation is 2. The first-order valence-electron chi connectivity index (χ1n) is 6.49. The zero-order valence-electron chi connectivity index (χ0n) is 12.0. The van der Waals surface area contributed by atoms with Crippen molar-refractivity contribution in [2.24, 2.45) is 0 Å². The molecule has 1 aromatic rings. The third-order valence-corrected chi connectivity index (χ3v) is 2.83. The highest BCUT2D eigenvalue weighted by molar-refractivity contribution is 5.76. The van der Waals surface area contributed by atoms with Crippen LogP contribution in [0.4, 0.5) is 0 Å². The van der Waals surface area contributed by atoms with E-state index < -0.39 is 0 Å². The van der Waals surface area contributed by atoms with Gasteiger partial charge < -0.3 is 15.1 Å². The second-order valence-corrected chi connectivity index (χ2v) is 5.02. The van der Waals surface area contributed by atoms with Crippen LogP contribution in [0.1, 0.15) is 50.3 Å². The van der Waals surface area contributed by atoms with E-state index in [0.717, 1.165) is 17.1 Å². The molecule has 0 radical (unpaired) electrons. The Morgan fingerprint density at radius 2 is 2.00 bits per heavy atom. The van der Waals surface area contributed by atoms with Crippen molar-refractivity contribution in [2.75, 3.05) is 6.54 Å². The number of hydrogen-bond acceptors (Lipinski definition) is 3. The molecule has 18 heavy (non-hydrogen) atoms. The number of hydrogen-bond donors (Lipinski definition) is 2. The molecule has 1 amide bonds. The zero-order chi connectivity index (χ0) is 13.7. The molecule has 0 saturated carbocycles. The van der Waals surface area contributed by atoms with Crippen LogP contribution >= 0.6 is 0 Å². The van der Waals surface area contributed by atoms with Crippen molar-refractivity contribution < 1.29 is 9.21 Å². The maximum atomic E-state index is 11.7. The first-order valence-corrected chi connectivity index (χ1v) is 6.49. The smallest absolute Gasteiger partial charge is 0.221 e. The Labute approximate surface area is 109 Å². The van der Waals surface area contributed by atoms with E-state index in [1.807, 2.05) is 26.8 Å². The van der Waals surface area contributed by atoms with Crippen molar-refractivity contribution in [1.82, 2.24) is 10.6 Å². The van der Waals surface area contributed by atoms with Gasteiger partial charge in [0.2, 0.25) is 5.91 Å². The molecule has 0 aliphatic heterocycles. The molecule has 1 aromatic heterocycles. The molecule has 0 bridgehead atoms. The number of furan rings is 1. The van der Waals surface area contributed by atoms with Crippen LogP contribution < -0.4 is 10.6 Å². The van der Waals surface area contributed by atoms with Crippen molar-refractivity contribution in [3.63, 3.8) is 0 Å². The van der Waals surface area contributed by atoms with E-state index in [4.69, 9.17) is 4.42 Å². The monoisotopic (exact) mass is 252 g/mol. The Bertz CT molecular complexity index is 396. The molecule has 0 aliphatic carbocycles. The average Bonchev–Trinajstić information content (AvgIpc) is 2.57. The van der Waals surface area contributed by atoms with E-state index in [1.165, 1.54) is 0 Å². The summed E-state index contributed by atoms with van der Waals surface area (Å²) in [6.07, 6.45) is 0.498. The molecule has 1 unspecified atom stereocenters. The lowest BCUT2D eigenvalue weighted by atomic mass is 10.1. The first kappa shape index (κ1) is 14.8. The Hall–Kier alpha value is -1.29. The molecule has 0 aliphatic rings. The second-order valence-electron chi connectivity index (χ2n) is 5.02. The third-order valence-electron chi connectivity index (χ3n) is 2.83. The molecule has 1 heterocycles. The summed E-state index contributed by atoms with van der Waals surface area (Å²) in [4.78, 5) is 11.7. The number of amides is 1. The Morgan fingerprint density at radius 3 is 2.50 bits per heavy atom. The minimum absolute atomic E-state index is 0.00556. The van der Waals surface area contributed by atoms with Gasteiger partial charge in [0.15, 0.2) is 0 Å². The van der Waals surface area contributed by atoms with Gasteiger partial charge in [-0.15, -0.1) is 0 Å². The molecule has 4 heteroatoms. The maximum absolute atomic E-state index is 11.7. The van der Waals surface area contributed by atoms with Gasteiger partial charge >= 0.3 is 0 Å². The SMILES string of the molecule is Cc1cc(C(C)NC(=O)CCNC(C)C)c(C)o1. The lowest BCUT2D eigenvalue weighted by Gasteiger charge is -2.14. The lowest BCUT2D eigenvalue weighted by molar-refractivity contribution is -0.121. The van der Waals surface area contributed by atoms with E-state index in [2.05, 4.69) is 24.5 Å². The van der Waals surface area contributed by atoms with Crippen LogP contribution in [-0.2, 0) is 4.79 Å². The minimum atomic E-state index is -0.00556. The Morgan fingerprint density at radius 1 is 1.33 bits per heavy atom. The van der Waals surface area contributed by atoms with Gasteiger partial charge in [0.25, 0.3) is 0 Å². The zero-order valence-corrected chi connectivity index (χ0v) is 12.0. The van der Waals surface area contributed by atoms with Gasteiger partial charge in [-0.05, 0) is 26.8 Å². The molecular weight excluding hydrogens is 228 g/mol. The molecule has 1 rings (SSSR count). The van der Waals surface area contributed by atoms with Crippen LogP contribution in [0.3, 0.4) is 0 Å². The molecular formula is C14H24N2O2. The topological polar surface area (TPSA) is 54.3 Å². The fourth-order valence-corrected chi connectivity index (χ4v) is 1.95. The molecule has 0 aromatic carbocycles. The van der Waals surface area contributed by atoms with Gasteiger partial charge in [-0.3, -0.25) is 4.79 Å². The molecule has 0 saturated heterocycles. The standard InChI is InChI=1S/C14H24N2O2/c1-9(2)15-7-6-14(17)16-11(4)13-8-10(3)18-12(13)5/h8-9,11,15H,6-7H2,1-5H3,(H,16,17). The maximum Gasteiger partial charge on any atom is 0.221 e. The fraction of sp³-hybridized carbons (Fsp3) is 0.643. The quantitative estimate of drug-likeness (QED) is 0.817. The van der Waals surface area contributed by atoms with Crippen LogP contribution in [0.25, 0.3) is 0 Å². The van der Waals surface area contributed by atoms with Gasteiger partial charge in [-0.2, -0.15) is 0 Å². The van der Waals surface area contributed by atoms with Crippen molar-refractivity contribution in [2.45, 2.75) is 53.1 Å². The number of carbonyl (C=O) groups is 1. The van der Waals surface area contributed by atoms with Gasteiger partial charge in [-0.1, -0.05) is 13.8 Å². The highest BCUT2D eigenvalue weighted by Gasteiger charge is 2.14. The molecule has 2 N–H and O–H groups in total. The van der Waals surface area contributed by atoms with E-state index in [-0.39, 0.29) is 11.9 Å². The summed E-state index contributed by atoms with van der Waals surface area (Å²) in [5, 5.41) is 6.21. The van der Waals surface area contributed by atoms with E-state index >= 15 is 0 Å². The summed E-state index contributed by atoms with van der Waals surface area (Å²) >= 11 is 0. The van der Waals surface area contributed by atoms with E-state index in [9.17, 15) is 4.79 Å². The van der Waals surface area contributed by atoms with E-state index in [0.29, 0.717) is 19.0 Å². The fourth-order valence-electron chi connectivity index (χ4n) is 1.95. The highest BCUT2D eigenvalue weighted by atomic mass is 16.3. The Balaban J connectivity index is 2.42. The molecule has 0 spiro atoms. The van der Waals surface area contributed by atoms with Crippen molar-refractivity contribution in [1.29, 1.82) is 0 Å². The lowest BCUT2D eigenvalue weighted by Crippen LogP contribution is -2.32. The number of nitrogens with one attached hydrogen (secondary N) is 2. The first-order chi connectivity index (χ1) is 8.40. The number of rotatable bonds is 6. The van der Waals surface area contributed by atoms with Crippen molar-refractivity contribution in [3.05, 3.63) is 23.2 Å². The molecule has 102 valence electrons. The molecule has 4 nitrogen and oxygen atoms in total. The summed E-state index contributed by atoms with van der Waals surface area (Å²) < 4.78 is 5.47. The van der Waals surface area contributed by atoms with Crippen molar-refractivity contribution >= 4 is 5.91 Å². The normalized spacial score (nSPS) is 12.8. The predicted octanol–water partition coefficient (Wildman–Crippen LogP) is 2.46. The van der Waals surface area contributed by atoms with Crippen LogP contribution in [0.5, 0.6) is 0 Å².